The predicted molar refractivity (Wildman–Crippen MR) is 116 cm³/mol. The zero-order valence-electron chi connectivity index (χ0n) is 15.8. The summed E-state index contributed by atoms with van der Waals surface area (Å²) in [5.74, 6) is 7.60. The first kappa shape index (κ1) is 18.2. The van der Waals surface area contributed by atoms with Crippen molar-refractivity contribution in [3.63, 3.8) is 0 Å². The van der Waals surface area contributed by atoms with E-state index in [2.05, 4.69) is 66.1 Å². The standard InChI is InChI=1S/C25H20ClNO/c1-27-17-24(23-5-3-4-6-25(23)27)22(19-10-14-21(28-2)15-11-19)16-9-18-7-12-20(26)13-8-18/h3-8,10-15,17,22H,1-2H3. The van der Waals surface area contributed by atoms with Crippen LogP contribution in [0.15, 0.2) is 79.0 Å². The maximum Gasteiger partial charge on any atom is 0.118 e. The van der Waals surface area contributed by atoms with Gasteiger partial charge in [-0.15, -0.1) is 0 Å². The van der Waals surface area contributed by atoms with Crippen LogP contribution >= 0.6 is 11.6 Å². The van der Waals surface area contributed by atoms with E-state index in [-0.39, 0.29) is 5.92 Å². The minimum absolute atomic E-state index is 0.0484. The minimum Gasteiger partial charge on any atom is -0.497 e. The number of para-hydroxylation sites is 1. The monoisotopic (exact) mass is 385 g/mol. The van der Waals surface area contributed by atoms with E-state index in [1.54, 1.807) is 7.11 Å². The van der Waals surface area contributed by atoms with Gasteiger partial charge in [0.05, 0.1) is 13.0 Å². The molecule has 0 aliphatic carbocycles. The van der Waals surface area contributed by atoms with Gasteiger partial charge in [0.15, 0.2) is 0 Å². The minimum atomic E-state index is -0.0484. The lowest BCUT2D eigenvalue weighted by Crippen LogP contribution is -1.98. The van der Waals surface area contributed by atoms with Gasteiger partial charge >= 0.3 is 0 Å². The lowest BCUT2D eigenvalue weighted by molar-refractivity contribution is 0.414. The van der Waals surface area contributed by atoms with Crippen molar-refractivity contribution in [1.82, 2.24) is 4.57 Å². The Kier molecular flexibility index (Phi) is 5.10. The van der Waals surface area contributed by atoms with E-state index < -0.39 is 0 Å². The van der Waals surface area contributed by atoms with E-state index in [0.717, 1.165) is 16.9 Å². The number of hydrogen-bond donors (Lipinski definition) is 0. The Morgan fingerprint density at radius 3 is 2.36 bits per heavy atom. The molecule has 138 valence electrons. The summed E-state index contributed by atoms with van der Waals surface area (Å²) in [4.78, 5) is 0. The summed E-state index contributed by atoms with van der Waals surface area (Å²) in [6, 6.07) is 24.2. The summed E-state index contributed by atoms with van der Waals surface area (Å²) in [6.07, 6.45) is 2.18. The Morgan fingerprint density at radius 1 is 0.929 bits per heavy atom. The number of aryl methyl sites for hydroxylation is 1. The molecule has 1 aromatic heterocycles. The highest BCUT2D eigenvalue weighted by molar-refractivity contribution is 6.30. The summed E-state index contributed by atoms with van der Waals surface area (Å²) < 4.78 is 7.47. The first-order valence-electron chi connectivity index (χ1n) is 9.11. The van der Waals surface area contributed by atoms with E-state index in [1.165, 1.54) is 16.5 Å². The van der Waals surface area contributed by atoms with E-state index in [4.69, 9.17) is 16.3 Å². The summed E-state index contributed by atoms with van der Waals surface area (Å²) in [5.41, 5.74) is 4.48. The highest BCUT2D eigenvalue weighted by Gasteiger charge is 2.17. The fourth-order valence-corrected chi connectivity index (χ4v) is 3.55. The Morgan fingerprint density at radius 2 is 1.64 bits per heavy atom. The Hall–Kier alpha value is -3.15. The van der Waals surface area contributed by atoms with Gasteiger partial charge in [0.1, 0.15) is 5.75 Å². The van der Waals surface area contributed by atoms with Crippen molar-refractivity contribution in [3.05, 3.63) is 101 Å². The second kappa shape index (κ2) is 7.84. The number of halogens is 1. The summed E-state index contributed by atoms with van der Waals surface area (Å²) in [5, 5.41) is 1.93. The molecule has 2 nitrogen and oxygen atoms in total. The van der Waals surface area contributed by atoms with Crippen LogP contribution < -0.4 is 4.74 Å². The molecule has 0 saturated carbocycles. The molecule has 0 bridgehead atoms. The average molecular weight is 386 g/mol. The zero-order chi connectivity index (χ0) is 19.5. The highest BCUT2D eigenvalue weighted by Crippen LogP contribution is 2.32. The van der Waals surface area contributed by atoms with Crippen molar-refractivity contribution in [3.8, 4) is 17.6 Å². The van der Waals surface area contributed by atoms with Crippen LogP contribution in [0.1, 0.15) is 22.6 Å². The van der Waals surface area contributed by atoms with Crippen LogP contribution in [0, 0.1) is 11.8 Å². The van der Waals surface area contributed by atoms with Crippen molar-refractivity contribution in [2.24, 2.45) is 7.05 Å². The first-order valence-corrected chi connectivity index (χ1v) is 9.48. The van der Waals surface area contributed by atoms with Gasteiger partial charge in [0.2, 0.25) is 0 Å². The van der Waals surface area contributed by atoms with Gasteiger partial charge in [-0.05, 0) is 53.6 Å². The van der Waals surface area contributed by atoms with Gasteiger partial charge in [0, 0.05) is 34.7 Å². The number of hydrogen-bond acceptors (Lipinski definition) is 1. The third kappa shape index (κ3) is 3.63. The summed E-state index contributed by atoms with van der Waals surface area (Å²) in [7, 11) is 3.75. The molecule has 3 heteroatoms. The molecule has 0 aliphatic heterocycles. The number of fused-ring (bicyclic) bond motifs is 1. The highest BCUT2D eigenvalue weighted by atomic mass is 35.5. The molecule has 0 N–H and O–H groups in total. The largest absolute Gasteiger partial charge is 0.497 e. The van der Waals surface area contributed by atoms with E-state index in [9.17, 15) is 0 Å². The number of rotatable bonds is 3. The number of nitrogens with zero attached hydrogens (tertiary/aromatic N) is 1. The van der Waals surface area contributed by atoms with E-state index in [1.807, 2.05) is 36.4 Å². The molecule has 1 unspecified atom stereocenters. The van der Waals surface area contributed by atoms with E-state index in [0.29, 0.717) is 5.02 Å². The second-order valence-corrected chi connectivity index (χ2v) is 7.13. The molecule has 1 heterocycles. The number of aromatic nitrogens is 1. The Bertz CT molecular complexity index is 1160. The molecule has 0 spiro atoms. The fraction of sp³-hybridized carbons (Fsp3) is 0.120. The van der Waals surface area contributed by atoms with Crippen molar-refractivity contribution in [1.29, 1.82) is 0 Å². The lowest BCUT2D eigenvalue weighted by Gasteiger charge is -2.12. The van der Waals surface area contributed by atoms with Crippen LogP contribution in [0.5, 0.6) is 5.75 Å². The maximum absolute atomic E-state index is 6.00. The van der Waals surface area contributed by atoms with Gasteiger partial charge < -0.3 is 9.30 Å². The second-order valence-electron chi connectivity index (χ2n) is 6.69. The van der Waals surface area contributed by atoms with Crippen LogP contribution in [0.2, 0.25) is 5.02 Å². The molecule has 4 rings (SSSR count). The first-order chi connectivity index (χ1) is 13.7. The number of methoxy groups -OCH3 is 1. The maximum atomic E-state index is 6.00. The molecule has 0 saturated heterocycles. The van der Waals surface area contributed by atoms with Crippen LogP contribution in [-0.4, -0.2) is 11.7 Å². The van der Waals surface area contributed by atoms with Crippen molar-refractivity contribution < 1.29 is 4.74 Å². The van der Waals surface area contributed by atoms with Gasteiger partial charge in [-0.25, -0.2) is 0 Å². The van der Waals surface area contributed by atoms with E-state index >= 15 is 0 Å². The molecular weight excluding hydrogens is 366 g/mol. The van der Waals surface area contributed by atoms with Gasteiger partial charge in [-0.2, -0.15) is 0 Å². The molecule has 0 fully saturated rings. The topological polar surface area (TPSA) is 14.2 Å². The zero-order valence-corrected chi connectivity index (χ0v) is 16.6. The quantitative estimate of drug-likeness (QED) is 0.393. The predicted octanol–water partition coefficient (Wildman–Crippen LogP) is 6.02. The smallest absolute Gasteiger partial charge is 0.118 e. The van der Waals surface area contributed by atoms with Gasteiger partial charge in [-0.3, -0.25) is 0 Å². The van der Waals surface area contributed by atoms with Crippen LogP contribution in [0.3, 0.4) is 0 Å². The molecule has 1 atom stereocenters. The fourth-order valence-electron chi connectivity index (χ4n) is 3.43. The molecule has 28 heavy (non-hydrogen) atoms. The van der Waals surface area contributed by atoms with Crippen molar-refractivity contribution in [2.45, 2.75) is 5.92 Å². The van der Waals surface area contributed by atoms with Crippen LogP contribution in [0.25, 0.3) is 10.9 Å². The molecular formula is C25H20ClNO. The normalized spacial score (nSPS) is 11.7. The van der Waals surface area contributed by atoms with Gasteiger partial charge in [0.25, 0.3) is 0 Å². The summed E-state index contributed by atoms with van der Waals surface area (Å²) in [6.45, 7) is 0. The molecule has 3 aromatic carbocycles. The molecule has 0 aliphatic rings. The molecule has 4 aromatic rings. The average Bonchev–Trinajstić information content (AvgIpc) is 3.07. The van der Waals surface area contributed by atoms with Crippen molar-refractivity contribution in [2.75, 3.05) is 7.11 Å². The van der Waals surface area contributed by atoms with Crippen LogP contribution in [0.4, 0.5) is 0 Å². The molecule has 0 amide bonds. The SMILES string of the molecule is COc1ccc(C(C#Cc2ccc(Cl)cc2)c2cn(C)c3ccccc23)cc1. The Balaban J connectivity index is 1.84. The summed E-state index contributed by atoms with van der Waals surface area (Å²) >= 11 is 6.00. The van der Waals surface area contributed by atoms with Crippen molar-refractivity contribution >= 4 is 22.5 Å². The third-order valence-electron chi connectivity index (χ3n) is 4.89. The lowest BCUT2D eigenvalue weighted by atomic mass is 9.91. The Labute approximate surface area is 170 Å². The number of ether oxygens (including phenoxy) is 1. The third-order valence-corrected chi connectivity index (χ3v) is 5.14. The van der Waals surface area contributed by atoms with Crippen LogP contribution in [-0.2, 0) is 7.05 Å². The molecule has 0 radical (unpaired) electrons. The van der Waals surface area contributed by atoms with Gasteiger partial charge in [-0.1, -0.05) is 53.8 Å². The number of benzene rings is 3.